The van der Waals surface area contributed by atoms with Gasteiger partial charge in [-0.3, -0.25) is 0 Å². The second kappa shape index (κ2) is 6.87. The summed E-state index contributed by atoms with van der Waals surface area (Å²) in [6.45, 7) is 11.1. The average molecular weight is 263 g/mol. The zero-order valence-corrected chi connectivity index (χ0v) is 12.2. The zero-order valence-electron chi connectivity index (χ0n) is 12.2. The number of rotatable bonds is 5. The molecule has 0 radical (unpaired) electrons. The second-order valence-electron chi connectivity index (χ2n) is 5.66. The number of anilines is 1. The van der Waals surface area contributed by atoms with Gasteiger partial charge in [0, 0.05) is 19.3 Å². The van der Waals surface area contributed by atoms with Gasteiger partial charge in [0.25, 0.3) is 0 Å². The van der Waals surface area contributed by atoms with Crippen LogP contribution in [-0.4, -0.2) is 37.3 Å². The maximum Gasteiger partial charge on any atom is 0.129 e. The Bertz CT molecular complexity index is 395. The van der Waals surface area contributed by atoms with E-state index in [1.165, 1.54) is 5.56 Å². The van der Waals surface area contributed by atoms with E-state index in [1.54, 1.807) is 0 Å². The van der Waals surface area contributed by atoms with E-state index >= 15 is 0 Å². The Morgan fingerprint density at radius 3 is 3.11 bits per heavy atom. The molecule has 1 fully saturated rings. The van der Waals surface area contributed by atoms with Crippen molar-refractivity contribution >= 4 is 5.82 Å². The summed E-state index contributed by atoms with van der Waals surface area (Å²) >= 11 is 0. The van der Waals surface area contributed by atoms with Crippen molar-refractivity contribution in [1.29, 1.82) is 0 Å². The van der Waals surface area contributed by atoms with E-state index in [0.29, 0.717) is 12.0 Å². The van der Waals surface area contributed by atoms with Crippen LogP contribution in [0.2, 0.25) is 0 Å². The maximum absolute atomic E-state index is 5.47. The summed E-state index contributed by atoms with van der Waals surface area (Å²) < 4.78 is 5.47. The summed E-state index contributed by atoms with van der Waals surface area (Å²) in [6, 6.07) is 4.68. The number of ether oxygens (including phenoxy) is 1. The summed E-state index contributed by atoms with van der Waals surface area (Å²) in [7, 11) is 0. The van der Waals surface area contributed by atoms with Crippen molar-refractivity contribution in [2.24, 2.45) is 5.92 Å². The van der Waals surface area contributed by atoms with Crippen molar-refractivity contribution in [3.63, 3.8) is 0 Å². The van der Waals surface area contributed by atoms with Crippen LogP contribution in [0.3, 0.4) is 0 Å². The number of nitrogens with one attached hydrogen (secondary N) is 1. The number of pyridine rings is 1. The molecule has 2 heterocycles. The average Bonchev–Trinajstić information content (AvgIpc) is 2.39. The van der Waals surface area contributed by atoms with Crippen LogP contribution in [0.15, 0.2) is 18.3 Å². The van der Waals surface area contributed by atoms with Gasteiger partial charge < -0.3 is 15.0 Å². The van der Waals surface area contributed by atoms with E-state index < -0.39 is 0 Å². The summed E-state index contributed by atoms with van der Waals surface area (Å²) in [4.78, 5) is 6.83. The molecule has 1 N–H and O–H groups in total. The predicted octanol–water partition coefficient (Wildman–Crippen LogP) is 2.05. The fraction of sp³-hybridized carbons (Fsp3) is 0.667. The van der Waals surface area contributed by atoms with Gasteiger partial charge in [-0.15, -0.1) is 0 Å². The Morgan fingerprint density at radius 1 is 1.53 bits per heavy atom. The van der Waals surface area contributed by atoms with Crippen molar-refractivity contribution in [2.45, 2.75) is 33.4 Å². The molecular weight excluding hydrogens is 238 g/mol. The molecule has 106 valence electrons. The molecule has 1 saturated heterocycles. The van der Waals surface area contributed by atoms with Gasteiger partial charge in [0.15, 0.2) is 0 Å². The minimum atomic E-state index is 0.403. The fourth-order valence-corrected chi connectivity index (χ4v) is 2.30. The molecule has 0 bridgehead atoms. The molecule has 1 atom stereocenters. The highest BCUT2D eigenvalue weighted by atomic mass is 16.5. The van der Waals surface area contributed by atoms with Crippen LogP contribution in [0.1, 0.15) is 26.3 Å². The molecule has 1 unspecified atom stereocenters. The molecule has 4 nitrogen and oxygen atoms in total. The van der Waals surface area contributed by atoms with Crippen LogP contribution in [0, 0.1) is 5.92 Å². The number of nitrogens with zero attached hydrogens (tertiary/aromatic N) is 2. The van der Waals surface area contributed by atoms with Crippen LogP contribution in [0.5, 0.6) is 0 Å². The van der Waals surface area contributed by atoms with Crippen molar-refractivity contribution in [3.05, 3.63) is 23.9 Å². The first-order valence-corrected chi connectivity index (χ1v) is 7.17. The predicted molar refractivity (Wildman–Crippen MR) is 78.4 cm³/mol. The molecule has 1 aromatic heterocycles. The van der Waals surface area contributed by atoms with Crippen LogP contribution in [-0.2, 0) is 11.3 Å². The number of morpholine rings is 1. The Hall–Kier alpha value is -1.13. The third-order valence-electron chi connectivity index (χ3n) is 3.35. The SMILES string of the molecule is CC(C)CNCc1ccnc(N2CCOCC2C)c1. The molecule has 2 rings (SSSR count). The summed E-state index contributed by atoms with van der Waals surface area (Å²) in [5, 5.41) is 3.47. The smallest absolute Gasteiger partial charge is 0.129 e. The van der Waals surface area contributed by atoms with E-state index in [1.807, 2.05) is 6.20 Å². The van der Waals surface area contributed by atoms with E-state index in [4.69, 9.17) is 4.74 Å². The van der Waals surface area contributed by atoms with Gasteiger partial charge in [-0.1, -0.05) is 13.8 Å². The van der Waals surface area contributed by atoms with Gasteiger partial charge in [-0.25, -0.2) is 4.98 Å². The Balaban J connectivity index is 1.98. The maximum atomic E-state index is 5.47. The minimum absolute atomic E-state index is 0.403. The van der Waals surface area contributed by atoms with Gasteiger partial charge in [0.2, 0.25) is 0 Å². The quantitative estimate of drug-likeness (QED) is 0.882. The highest BCUT2D eigenvalue weighted by Crippen LogP contribution is 2.18. The van der Waals surface area contributed by atoms with Crippen LogP contribution >= 0.6 is 0 Å². The molecule has 0 aliphatic carbocycles. The minimum Gasteiger partial charge on any atom is -0.377 e. The summed E-state index contributed by atoms with van der Waals surface area (Å²) in [5.74, 6) is 1.75. The molecule has 19 heavy (non-hydrogen) atoms. The van der Waals surface area contributed by atoms with Crippen molar-refractivity contribution in [2.75, 3.05) is 31.2 Å². The molecule has 0 saturated carbocycles. The van der Waals surface area contributed by atoms with Gasteiger partial charge in [0.1, 0.15) is 5.82 Å². The largest absolute Gasteiger partial charge is 0.377 e. The number of aromatic nitrogens is 1. The van der Waals surface area contributed by atoms with Crippen molar-refractivity contribution < 1.29 is 4.74 Å². The zero-order chi connectivity index (χ0) is 13.7. The van der Waals surface area contributed by atoms with Gasteiger partial charge in [0.05, 0.1) is 19.3 Å². The molecule has 4 heteroatoms. The van der Waals surface area contributed by atoms with E-state index in [0.717, 1.165) is 38.7 Å². The van der Waals surface area contributed by atoms with Crippen LogP contribution in [0.25, 0.3) is 0 Å². The van der Waals surface area contributed by atoms with Gasteiger partial charge >= 0.3 is 0 Å². The van der Waals surface area contributed by atoms with E-state index in [-0.39, 0.29) is 0 Å². The van der Waals surface area contributed by atoms with E-state index in [9.17, 15) is 0 Å². The molecule has 0 aromatic carbocycles. The van der Waals surface area contributed by atoms with Crippen LogP contribution in [0.4, 0.5) is 5.82 Å². The molecule has 1 aliphatic heterocycles. The Kier molecular flexibility index (Phi) is 5.16. The highest BCUT2D eigenvalue weighted by Gasteiger charge is 2.20. The number of hydrogen-bond acceptors (Lipinski definition) is 4. The standard InChI is InChI=1S/C15H25N3O/c1-12(2)9-16-10-14-4-5-17-15(8-14)18-6-7-19-11-13(18)3/h4-5,8,12-13,16H,6-7,9-11H2,1-3H3. The Morgan fingerprint density at radius 2 is 2.37 bits per heavy atom. The highest BCUT2D eigenvalue weighted by molar-refractivity contribution is 5.42. The van der Waals surface area contributed by atoms with Crippen LogP contribution < -0.4 is 10.2 Å². The lowest BCUT2D eigenvalue weighted by atomic mass is 10.2. The van der Waals surface area contributed by atoms with Crippen molar-refractivity contribution in [1.82, 2.24) is 10.3 Å². The molecule has 0 amide bonds. The summed E-state index contributed by atoms with van der Waals surface area (Å²) in [6.07, 6.45) is 1.91. The fourth-order valence-electron chi connectivity index (χ4n) is 2.30. The Labute approximate surface area is 116 Å². The molecule has 0 spiro atoms. The van der Waals surface area contributed by atoms with E-state index in [2.05, 4.69) is 48.1 Å². The first-order chi connectivity index (χ1) is 9.16. The monoisotopic (exact) mass is 263 g/mol. The third kappa shape index (κ3) is 4.18. The lowest BCUT2D eigenvalue weighted by molar-refractivity contribution is 0.0985. The third-order valence-corrected chi connectivity index (χ3v) is 3.35. The first-order valence-electron chi connectivity index (χ1n) is 7.17. The number of hydrogen-bond donors (Lipinski definition) is 1. The van der Waals surface area contributed by atoms with Gasteiger partial charge in [-0.05, 0) is 37.1 Å². The van der Waals surface area contributed by atoms with Gasteiger partial charge in [-0.2, -0.15) is 0 Å². The topological polar surface area (TPSA) is 37.4 Å². The second-order valence-corrected chi connectivity index (χ2v) is 5.66. The molecular formula is C15H25N3O. The lowest BCUT2D eigenvalue weighted by Gasteiger charge is -2.34. The molecule has 1 aliphatic rings. The lowest BCUT2D eigenvalue weighted by Crippen LogP contribution is -2.44. The summed E-state index contributed by atoms with van der Waals surface area (Å²) in [5.41, 5.74) is 1.30. The first kappa shape index (κ1) is 14.3. The van der Waals surface area contributed by atoms with Crippen molar-refractivity contribution in [3.8, 4) is 0 Å². The normalized spacial score (nSPS) is 20.0. The molecule has 1 aromatic rings.